The number of carboxylic acids is 1. The number of fused-ring (bicyclic) bond motifs is 4. The van der Waals surface area contributed by atoms with Crippen LogP contribution < -0.4 is 15.0 Å². The summed E-state index contributed by atoms with van der Waals surface area (Å²) in [5.41, 5.74) is 0.242. The molecular weight excluding hydrogens is 520 g/mol. The van der Waals surface area contributed by atoms with Gasteiger partial charge in [-0.1, -0.05) is 23.8 Å². The minimum atomic E-state index is -5.08. The van der Waals surface area contributed by atoms with Crippen molar-refractivity contribution in [1.82, 2.24) is 25.2 Å². The molecule has 9 nitrogen and oxygen atoms in total. The van der Waals surface area contributed by atoms with Crippen molar-refractivity contribution in [3.8, 4) is 6.01 Å². The Labute approximate surface area is 214 Å². The summed E-state index contributed by atoms with van der Waals surface area (Å²) in [6, 6.07) is 0.728. The lowest BCUT2D eigenvalue weighted by atomic mass is 9.95. The number of carboxylic acid groups (broad SMARTS) is 1. The van der Waals surface area contributed by atoms with Gasteiger partial charge in [-0.05, 0) is 38.8 Å². The van der Waals surface area contributed by atoms with E-state index in [4.69, 9.17) is 31.2 Å². The van der Waals surface area contributed by atoms with E-state index < -0.39 is 18.0 Å². The highest BCUT2D eigenvalue weighted by Gasteiger charge is 2.45. The second kappa shape index (κ2) is 9.84. The van der Waals surface area contributed by atoms with Gasteiger partial charge in [-0.3, -0.25) is 4.90 Å². The highest BCUT2D eigenvalue weighted by atomic mass is 35.5. The van der Waals surface area contributed by atoms with Gasteiger partial charge in [0.1, 0.15) is 17.9 Å². The number of piperazine rings is 1. The summed E-state index contributed by atoms with van der Waals surface area (Å²) in [7, 11) is 0. The average Bonchev–Trinajstić information content (AvgIpc) is 3.53. The molecule has 0 amide bonds. The Balaban J connectivity index is 0.000000355. The molecule has 0 saturated carbocycles. The first-order valence-electron chi connectivity index (χ1n) is 11.9. The van der Waals surface area contributed by atoms with E-state index in [-0.39, 0.29) is 34.3 Å². The van der Waals surface area contributed by atoms with Crippen LogP contribution in [0, 0.1) is 5.82 Å². The molecule has 6 rings (SSSR count). The van der Waals surface area contributed by atoms with Gasteiger partial charge in [-0.25, -0.2) is 14.2 Å². The summed E-state index contributed by atoms with van der Waals surface area (Å²) in [6.07, 6.45) is 5.48. The Morgan fingerprint density at radius 1 is 1.19 bits per heavy atom. The monoisotopic (exact) mass is 544 g/mol. The molecule has 4 aliphatic heterocycles. The third-order valence-corrected chi connectivity index (χ3v) is 7.53. The molecule has 3 saturated heterocycles. The molecule has 4 aliphatic rings. The Kier molecular flexibility index (Phi) is 6.88. The third kappa shape index (κ3) is 5.16. The van der Waals surface area contributed by atoms with Crippen LogP contribution in [0.15, 0.2) is 18.3 Å². The molecule has 2 bridgehead atoms. The van der Waals surface area contributed by atoms with E-state index in [1.54, 1.807) is 6.20 Å². The molecule has 2 aromatic rings. The normalized spacial score (nSPS) is 24.2. The van der Waals surface area contributed by atoms with Crippen molar-refractivity contribution in [2.45, 2.75) is 49.5 Å². The highest BCUT2D eigenvalue weighted by molar-refractivity contribution is 6.30. The molecule has 200 valence electrons. The lowest BCUT2D eigenvalue weighted by molar-refractivity contribution is -0.192. The molecule has 37 heavy (non-hydrogen) atoms. The standard InChI is InChI=1S/C21H24ClFN6O.C2HF3O2/c22-18-16(23)17-15(9-24-18)19(28-10-13-3-4-14(11-28)25-13)27-20(26-17)30-12-21-5-1-7-29(21)8-2-6-21;3-2(4,5)1(6)7/h3-4,9,13-14,25H,1-2,5-8,10-12H2;(H,6,7)/t13-,14+;. The maximum absolute atomic E-state index is 14.9. The second-order valence-corrected chi connectivity index (χ2v) is 9.99. The van der Waals surface area contributed by atoms with Crippen molar-refractivity contribution in [3.05, 3.63) is 29.3 Å². The summed E-state index contributed by atoms with van der Waals surface area (Å²) < 4.78 is 52.7. The molecule has 14 heteroatoms. The highest BCUT2D eigenvalue weighted by Crippen LogP contribution is 2.39. The fourth-order valence-corrected chi connectivity index (χ4v) is 5.71. The van der Waals surface area contributed by atoms with Crippen LogP contribution in [0.3, 0.4) is 0 Å². The van der Waals surface area contributed by atoms with E-state index in [1.165, 1.54) is 12.8 Å². The van der Waals surface area contributed by atoms with E-state index in [2.05, 4.69) is 37.2 Å². The predicted molar refractivity (Wildman–Crippen MR) is 126 cm³/mol. The SMILES string of the molecule is Fc1c(Cl)ncc2c(N3C[C@H]4C=C[C@@H](C3)N4)nc(OCC34CCCN3CCC4)nc12.O=C(O)C(F)(F)F. The number of ether oxygens (including phenoxy) is 1. The van der Waals surface area contributed by atoms with Crippen LogP contribution in [0.25, 0.3) is 10.9 Å². The van der Waals surface area contributed by atoms with Crippen molar-refractivity contribution in [3.63, 3.8) is 0 Å². The van der Waals surface area contributed by atoms with Crippen LogP contribution in [0.5, 0.6) is 6.01 Å². The topological polar surface area (TPSA) is 104 Å². The number of aliphatic carboxylic acids is 1. The summed E-state index contributed by atoms with van der Waals surface area (Å²) >= 11 is 5.96. The van der Waals surface area contributed by atoms with Crippen molar-refractivity contribution in [2.24, 2.45) is 0 Å². The van der Waals surface area contributed by atoms with E-state index in [0.29, 0.717) is 17.8 Å². The summed E-state index contributed by atoms with van der Waals surface area (Å²) in [6.45, 7) is 4.28. The molecule has 0 spiro atoms. The fraction of sp³-hybridized carbons (Fsp3) is 0.565. The number of alkyl halides is 3. The second-order valence-electron chi connectivity index (χ2n) is 9.63. The minimum absolute atomic E-state index is 0.0744. The molecule has 0 aliphatic carbocycles. The first kappa shape index (κ1) is 25.9. The number of pyridine rings is 1. The van der Waals surface area contributed by atoms with Gasteiger partial charge < -0.3 is 20.1 Å². The van der Waals surface area contributed by atoms with Crippen LogP contribution in [-0.2, 0) is 4.79 Å². The predicted octanol–water partition coefficient (Wildman–Crippen LogP) is 3.17. The number of halogens is 5. The van der Waals surface area contributed by atoms with E-state index in [0.717, 1.165) is 39.0 Å². The Morgan fingerprint density at radius 3 is 2.41 bits per heavy atom. The number of hydrogen-bond acceptors (Lipinski definition) is 8. The maximum atomic E-state index is 14.9. The Morgan fingerprint density at radius 2 is 1.81 bits per heavy atom. The van der Waals surface area contributed by atoms with Crippen molar-refractivity contribution in [1.29, 1.82) is 0 Å². The van der Waals surface area contributed by atoms with Crippen LogP contribution >= 0.6 is 11.6 Å². The van der Waals surface area contributed by atoms with Crippen LogP contribution in [0.1, 0.15) is 25.7 Å². The Bertz CT molecular complexity index is 1210. The zero-order chi connectivity index (χ0) is 26.4. The molecule has 2 atom stereocenters. The molecule has 0 aromatic carbocycles. The largest absolute Gasteiger partial charge is 0.490 e. The molecular formula is C23H25ClF4N6O3. The molecule has 3 fully saturated rings. The van der Waals surface area contributed by atoms with Gasteiger partial charge in [-0.2, -0.15) is 23.1 Å². The lowest BCUT2D eigenvalue weighted by Gasteiger charge is -2.34. The fourth-order valence-electron chi connectivity index (χ4n) is 5.57. The first-order valence-corrected chi connectivity index (χ1v) is 12.3. The quantitative estimate of drug-likeness (QED) is 0.341. The Hall–Kier alpha value is -2.77. The molecule has 0 radical (unpaired) electrons. The van der Waals surface area contributed by atoms with Gasteiger partial charge >= 0.3 is 18.2 Å². The van der Waals surface area contributed by atoms with Gasteiger partial charge in [0.25, 0.3) is 0 Å². The van der Waals surface area contributed by atoms with Gasteiger partial charge in [0.05, 0.1) is 10.9 Å². The van der Waals surface area contributed by atoms with Crippen molar-refractivity contribution < 1.29 is 32.2 Å². The summed E-state index contributed by atoms with van der Waals surface area (Å²) in [5.74, 6) is -2.72. The van der Waals surface area contributed by atoms with Crippen molar-refractivity contribution in [2.75, 3.05) is 37.7 Å². The number of anilines is 1. The first-order chi connectivity index (χ1) is 17.6. The molecule has 0 unspecified atom stereocenters. The molecule has 2 aromatic heterocycles. The third-order valence-electron chi connectivity index (χ3n) is 7.26. The minimum Gasteiger partial charge on any atom is -0.475 e. The number of rotatable bonds is 4. The number of carbonyl (C=O) groups is 1. The summed E-state index contributed by atoms with van der Waals surface area (Å²) in [4.78, 5) is 26.7. The number of nitrogens with zero attached hydrogens (tertiary/aromatic N) is 5. The van der Waals surface area contributed by atoms with Crippen LogP contribution in [-0.4, -0.2) is 87.5 Å². The summed E-state index contributed by atoms with van der Waals surface area (Å²) in [5, 5.41) is 11.0. The van der Waals surface area contributed by atoms with Gasteiger partial charge in [-0.15, -0.1) is 0 Å². The molecule has 2 N–H and O–H groups in total. The van der Waals surface area contributed by atoms with Crippen LogP contribution in [0.4, 0.5) is 23.4 Å². The lowest BCUT2D eigenvalue weighted by Crippen LogP contribution is -2.52. The maximum Gasteiger partial charge on any atom is 0.490 e. The number of aromatic nitrogens is 3. The van der Waals surface area contributed by atoms with E-state index >= 15 is 0 Å². The van der Waals surface area contributed by atoms with Gasteiger partial charge in [0.2, 0.25) is 0 Å². The smallest absolute Gasteiger partial charge is 0.475 e. The van der Waals surface area contributed by atoms with Gasteiger partial charge in [0, 0.05) is 31.4 Å². The number of nitrogens with one attached hydrogen (secondary N) is 1. The van der Waals surface area contributed by atoms with Crippen LogP contribution in [0.2, 0.25) is 5.15 Å². The van der Waals surface area contributed by atoms with Gasteiger partial charge in [0.15, 0.2) is 11.0 Å². The zero-order valence-electron chi connectivity index (χ0n) is 19.6. The molecule has 6 heterocycles. The number of hydrogen-bond donors (Lipinski definition) is 2. The van der Waals surface area contributed by atoms with E-state index in [9.17, 15) is 17.6 Å². The zero-order valence-corrected chi connectivity index (χ0v) is 20.4. The van der Waals surface area contributed by atoms with E-state index in [1.807, 2.05) is 0 Å². The van der Waals surface area contributed by atoms with Crippen molar-refractivity contribution >= 4 is 34.3 Å². The average molecular weight is 545 g/mol.